The van der Waals surface area contributed by atoms with Crippen LogP contribution in [0, 0.1) is 0 Å². The molecule has 1 amide bonds. The number of aliphatic hydroxyl groups is 8. The maximum atomic E-state index is 13.3. The fraction of sp³-hybridized carbons (Fsp3) is 0.953. The molecule has 0 aromatic rings. The van der Waals surface area contributed by atoms with Crippen LogP contribution in [0.2, 0.25) is 0 Å². The van der Waals surface area contributed by atoms with E-state index in [0.29, 0.717) is 12.8 Å². The molecule has 0 saturated carbocycles. The van der Waals surface area contributed by atoms with E-state index in [1.165, 1.54) is 218 Å². The standard InChI is InChI=1S/C64H123NO13/c1-3-5-7-9-11-13-15-17-19-21-23-25-26-28-30-32-34-36-38-40-42-44-46-48-56(69)65-52(53(68)47-45-43-41-39-37-35-33-31-29-27-24-22-20-18-16-14-12-10-8-6-4-2)51-75-63-61(74)59(72)62(55(50-67)77-63)78-64-60(73)58(71)57(70)54(49-66)76-64/h21,23,52-55,57-64,66-68,70-74H,3-20,22,24-51H2,1-2H3,(H,65,69)/b23-21-. The molecule has 0 radical (unpaired) electrons. The van der Waals surface area contributed by atoms with Crippen molar-refractivity contribution in [1.82, 2.24) is 5.32 Å². The zero-order valence-corrected chi connectivity index (χ0v) is 49.9. The number of unbranched alkanes of at least 4 members (excludes halogenated alkanes) is 39. The molecule has 2 heterocycles. The summed E-state index contributed by atoms with van der Waals surface area (Å²) < 4.78 is 22.9. The second kappa shape index (κ2) is 50.3. The van der Waals surface area contributed by atoms with Gasteiger partial charge in [0.15, 0.2) is 12.6 Å². The molecule has 0 aromatic heterocycles. The molecule has 78 heavy (non-hydrogen) atoms. The maximum absolute atomic E-state index is 13.3. The summed E-state index contributed by atoms with van der Waals surface area (Å²) in [6.45, 7) is 2.91. The topological polar surface area (TPSA) is 228 Å². The quantitative estimate of drug-likeness (QED) is 0.0204. The van der Waals surface area contributed by atoms with Crippen LogP contribution in [0.25, 0.3) is 0 Å². The van der Waals surface area contributed by atoms with Crippen LogP contribution in [-0.2, 0) is 23.7 Å². The van der Waals surface area contributed by atoms with Crippen molar-refractivity contribution < 1.29 is 64.6 Å². The highest BCUT2D eigenvalue weighted by atomic mass is 16.7. The minimum absolute atomic E-state index is 0.202. The molecule has 0 spiro atoms. The van der Waals surface area contributed by atoms with Crippen LogP contribution in [0.15, 0.2) is 12.2 Å². The highest BCUT2D eigenvalue weighted by Gasteiger charge is 2.51. The van der Waals surface area contributed by atoms with Crippen LogP contribution in [-0.4, -0.2) is 140 Å². The number of carbonyl (C=O) groups is 1. The Labute approximate surface area is 476 Å². The van der Waals surface area contributed by atoms with E-state index in [1.54, 1.807) is 0 Å². The predicted molar refractivity (Wildman–Crippen MR) is 314 cm³/mol. The number of carbonyl (C=O) groups excluding carboxylic acids is 1. The van der Waals surface area contributed by atoms with Gasteiger partial charge in [0.25, 0.3) is 0 Å². The molecule has 9 N–H and O–H groups in total. The Balaban J connectivity index is 1.71. The summed E-state index contributed by atoms with van der Waals surface area (Å²) in [6.07, 6.45) is 42.1. The molecule has 2 saturated heterocycles. The Morgan fingerprint density at radius 2 is 0.808 bits per heavy atom. The van der Waals surface area contributed by atoms with Crippen molar-refractivity contribution in [3.63, 3.8) is 0 Å². The minimum atomic E-state index is -1.78. The number of nitrogens with one attached hydrogen (secondary N) is 1. The molecule has 2 aliphatic heterocycles. The first kappa shape index (κ1) is 72.8. The van der Waals surface area contributed by atoms with E-state index in [-0.39, 0.29) is 12.5 Å². The lowest BCUT2D eigenvalue weighted by Gasteiger charge is -2.46. The van der Waals surface area contributed by atoms with Gasteiger partial charge in [0, 0.05) is 6.42 Å². The molecule has 12 unspecified atom stereocenters. The summed E-state index contributed by atoms with van der Waals surface area (Å²) in [5.74, 6) is -0.202. The summed E-state index contributed by atoms with van der Waals surface area (Å²) in [5.41, 5.74) is 0. The molecule has 14 heteroatoms. The Morgan fingerprint density at radius 3 is 1.22 bits per heavy atom. The zero-order valence-electron chi connectivity index (χ0n) is 49.9. The van der Waals surface area contributed by atoms with Crippen molar-refractivity contribution in [2.75, 3.05) is 19.8 Å². The Kier molecular flexibility index (Phi) is 46.9. The fourth-order valence-corrected chi connectivity index (χ4v) is 11.2. The van der Waals surface area contributed by atoms with E-state index >= 15 is 0 Å². The van der Waals surface area contributed by atoms with Crippen LogP contribution in [0.4, 0.5) is 0 Å². The van der Waals surface area contributed by atoms with Gasteiger partial charge in [0.2, 0.25) is 5.91 Å². The van der Waals surface area contributed by atoms with Gasteiger partial charge < -0.3 is 65.1 Å². The molecule has 462 valence electrons. The minimum Gasteiger partial charge on any atom is -0.394 e. The number of hydrogen-bond acceptors (Lipinski definition) is 13. The van der Waals surface area contributed by atoms with Gasteiger partial charge in [-0.05, 0) is 38.5 Å². The molecule has 0 aromatic carbocycles. The van der Waals surface area contributed by atoms with Crippen LogP contribution in [0.5, 0.6) is 0 Å². The molecule has 12 atom stereocenters. The van der Waals surface area contributed by atoms with E-state index in [9.17, 15) is 45.6 Å². The molecule has 0 bridgehead atoms. The summed E-state index contributed by atoms with van der Waals surface area (Å²) in [7, 11) is 0. The number of hydrogen-bond donors (Lipinski definition) is 9. The van der Waals surface area contributed by atoms with Crippen molar-refractivity contribution in [3.8, 4) is 0 Å². The molecular formula is C64H123NO13. The highest BCUT2D eigenvalue weighted by molar-refractivity contribution is 5.76. The second-order valence-corrected chi connectivity index (χ2v) is 23.6. The Morgan fingerprint density at radius 1 is 0.449 bits per heavy atom. The predicted octanol–water partition coefficient (Wildman–Crippen LogP) is 12.2. The number of allylic oxidation sites excluding steroid dienone is 2. The number of amides is 1. The van der Waals surface area contributed by atoms with Crippen molar-refractivity contribution >= 4 is 5.91 Å². The average molecular weight is 1110 g/mol. The lowest BCUT2D eigenvalue weighted by atomic mass is 9.97. The first-order chi connectivity index (χ1) is 38.1. The van der Waals surface area contributed by atoms with Gasteiger partial charge in [-0.15, -0.1) is 0 Å². The zero-order chi connectivity index (χ0) is 56.7. The second-order valence-electron chi connectivity index (χ2n) is 23.6. The number of rotatable bonds is 54. The smallest absolute Gasteiger partial charge is 0.220 e. The van der Waals surface area contributed by atoms with Gasteiger partial charge in [-0.3, -0.25) is 4.79 Å². The summed E-state index contributed by atoms with van der Waals surface area (Å²) in [6, 6.07) is -0.827. The SMILES string of the molecule is CCCCCCCCCC/C=C\CCCCCCCCCCCCCC(=O)NC(COC1OC(CO)C(OC2OC(CO)C(O)C(O)C2O)C(O)C1O)C(O)CCCCCCCCCCCCCCCCCCCCCCC. The number of aliphatic hydroxyl groups excluding tert-OH is 8. The Hall–Kier alpha value is -1.27. The monoisotopic (exact) mass is 1110 g/mol. The van der Waals surface area contributed by atoms with Gasteiger partial charge in [0.05, 0.1) is 32.0 Å². The van der Waals surface area contributed by atoms with E-state index < -0.39 is 86.8 Å². The highest BCUT2D eigenvalue weighted by Crippen LogP contribution is 2.30. The van der Waals surface area contributed by atoms with Crippen molar-refractivity contribution in [2.24, 2.45) is 0 Å². The third kappa shape index (κ3) is 35.0. The van der Waals surface area contributed by atoms with E-state index in [1.807, 2.05) is 0 Å². The largest absolute Gasteiger partial charge is 0.394 e. The molecule has 14 nitrogen and oxygen atoms in total. The van der Waals surface area contributed by atoms with Crippen LogP contribution < -0.4 is 5.32 Å². The summed E-state index contributed by atoms with van der Waals surface area (Å²) >= 11 is 0. The third-order valence-corrected chi connectivity index (χ3v) is 16.5. The van der Waals surface area contributed by atoms with Crippen LogP contribution in [0.3, 0.4) is 0 Å². The van der Waals surface area contributed by atoms with Crippen molar-refractivity contribution in [3.05, 3.63) is 12.2 Å². The lowest BCUT2D eigenvalue weighted by Crippen LogP contribution is -2.65. The Bertz CT molecular complexity index is 1360. The average Bonchev–Trinajstić information content (AvgIpc) is 3.48. The summed E-state index contributed by atoms with van der Waals surface area (Å²) in [5, 5.41) is 87.5. The van der Waals surface area contributed by atoms with E-state index in [2.05, 4.69) is 31.3 Å². The van der Waals surface area contributed by atoms with Gasteiger partial charge in [-0.1, -0.05) is 264 Å². The van der Waals surface area contributed by atoms with Gasteiger partial charge >= 0.3 is 0 Å². The molecular weight excluding hydrogens is 991 g/mol. The maximum Gasteiger partial charge on any atom is 0.220 e. The first-order valence-electron chi connectivity index (χ1n) is 32.9. The van der Waals surface area contributed by atoms with E-state index in [0.717, 1.165) is 51.4 Å². The molecule has 0 aliphatic carbocycles. The van der Waals surface area contributed by atoms with Gasteiger partial charge in [0.1, 0.15) is 48.8 Å². The molecule has 2 rings (SSSR count). The number of ether oxygens (including phenoxy) is 4. The fourth-order valence-electron chi connectivity index (χ4n) is 11.2. The van der Waals surface area contributed by atoms with Crippen molar-refractivity contribution in [2.45, 2.75) is 370 Å². The van der Waals surface area contributed by atoms with E-state index in [4.69, 9.17) is 18.9 Å². The lowest BCUT2D eigenvalue weighted by molar-refractivity contribution is -0.359. The molecule has 2 fully saturated rings. The van der Waals surface area contributed by atoms with Gasteiger partial charge in [-0.2, -0.15) is 0 Å². The normalized spacial score (nSPS) is 24.5. The summed E-state index contributed by atoms with van der Waals surface area (Å²) in [4.78, 5) is 13.3. The molecule has 2 aliphatic rings. The van der Waals surface area contributed by atoms with Gasteiger partial charge in [-0.25, -0.2) is 0 Å². The van der Waals surface area contributed by atoms with Crippen molar-refractivity contribution in [1.29, 1.82) is 0 Å². The van der Waals surface area contributed by atoms with Crippen LogP contribution >= 0.6 is 0 Å². The van der Waals surface area contributed by atoms with Crippen LogP contribution in [0.1, 0.15) is 296 Å². The third-order valence-electron chi connectivity index (χ3n) is 16.5. The first-order valence-corrected chi connectivity index (χ1v) is 32.9.